The molecule has 0 bridgehead atoms. The molecule has 0 unspecified atom stereocenters. The highest BCUT2D eigenvalue weighted by molar-refractivity contribution is 5.85. The maximum Gasteiger partial charge on any atom is 0.240 e. The Kier molecular flexibility index (Phi) is 4.77. The van der Waals surface area contributed by atoms with Gasteiger partial charge in [0.15, 0.2) is 0 Å². The van der Waals surface area contributed by atoms with E-state index in [-0.39, 0.29) is 17.4 Å². The maximum absolute atomic E-state index is 11.7. The van der Waals surface area contributed by atoms with E-state index in [1.54, 1.807) is 0 Å². The van der Waals surface area contributed by atoms with Crippen molar-refractivity contribution in [3.63, 3.8) is 0 Å². The molecule has 0 saturated heterocycles. The standard InChI is InChI=1S/C15H18N4O3/c1-9-13(10(2)18-17-9)5-6-15(22)19-16-8-11-3-4-12(20)7-14(11)21/h3-4,7-8,20-21H,5-6H2,1-2H3,(H,17,18)(H,19,22). The van der Waals surface area contributed by atoms with E-state index in [2.05, 4.69) is 20.7 Å². The van der Waals surface area contributed by atoms with Crippen LogP contribution in [0, 0.1) is 13.8 Å². The first-order valence-electron chi connectivity index (χ1n) is 6.81. The zero-order chi connectivity index (χ0) is 16.1. The van der Waals surface area contributed by atoms with Gasteiger partial charge >= 0.3 is 0 Å². The molecule has 0 fully saturated rings. The van der Waals surface area contributed by atoms with Gasteiger partial charge in [-0.1, -0.05) is 0 Å². The van der Waals surface area contributed by atoms with Crippen LogP contribution in [0.15, 0.2) is 23.3 Å². The normalized spacial score (nSPS) is 11.0. The molecule has 0 aliphatic rings. The largest absolute Gasteiger partial charge is 0.508 e. The highest BCUT2D eigenvalue weighted by Crippen LogP contribution is 2.20. The highest BCUT2D eigenvalue weighted by atomic mass is 16.3. The molecule has 0 saturated carbocycles. The van der Waals surface area contributed by atoms with Crippen molar-refractivity contribution in [2.45, 2.75) is 26.7 Å². The molecule has 4 N–H and O–H groups in total. The Bertz CT molecular complexity index is 687. The van der Waals surface area contributed by atoms with Gasteiger partial charge in [0.1, 0.15) is 11.5 Å². The number of rotatable bonds is 5. The minimum absolute atomic E-state index is 0.0375. The van der Waals surface area contributed by atoms with Crippen LogP contribution in [0.3, 0.4) is 0 Å². The van der Waals surface area contributed by atoms with Crippen LogP contribution in [-0.2, 0) is 11.2 Å². The smallest absolute Gasteiger partial charge is 0.240 e. The summed E-state index contributed by atoms with van der Waals surface area (Å²) in [6.07, 6.45) is 2.20. The number of nitrogens with one attached hydrogen (secondary N) is 2. The van der Waals surface area contributed by atoms with Crippen LogP contribution in [-0.4, -0.2) is 32.5 Å². The number of aromatic nitrogens is 2. The number of phenols is 2. The second kappa shape index (κ2) is 6.75. The number of phenolic OH excluding ortho intramolecular Hbond substituents is 2. The van der Waals surface area contributed by atoms with Crippen molar-refractivity contribution in [3.05, 3.63) is 40.7 Å². The minimum atomic E-state index is -0.227. The van der Waals surface area contributed by atoms with Gasteiger partial charge in [-0.25, -0.2) is 5.43 Å². The Morgan fingerprint density at radius 1 is 1.41 bits per heavy atom. The minimum Gasteiger partial charge on any atom is -0.508 e. The monoisotopic (exact) mass is 302 g/mol. The lowest BCUT2D eigenvalue weighted by Gasteiger charge is -2.02. The summed E-state index contributed by atoms with van der Waals surface area (Å²) in [6.45, 7) is 3.81. The molecule has 0 aliphatic carbocycles. The van der Waals surface area contributed by atoms with Gasteiger partial charge in [-0.05, 0) is 38.0 Å². The molecular weight excluding hydrogens is 284 g/mol. The van der Waals surface area contributed by atoms with Gasteiger partial charge in [0, 0.05) is 23.7 Å². The van der Waals surface area contributed by atoms with Crippen LogP contribution in [0.5, 0.6) is 11.5 Å². The van der Waals surface area contributed by atoms with Crippen LogP contribution in [0.25, 0.3) is 0 Å². The van der Waals surface area contributed by atoms with E-state index in [1.807, 2.05) is 13.8 Å². The third kappa shape index (κ3) is 3.85. The van der Waals surface area contributed by atoms with Crippen molar-refractivity contribution in [1.29, 1.82) is 0 Å². The van der Waals surface area contributed by atoms with Crippen LogP contribution < -0.4 is 5.43 Å². The Hall–Kier alpha value is -2.83. The molecule has 0 spiro atoms. The summed E-state index contributed by atoms with van der Waals surface area (Å²) < 4.78 is 0. The van der Waals surface area contributed by atoms with Gasteiger partial charge in [0.05, 0.1) is 11.9 Å². The molecule has 1 heterocycles. The van der Waals surface area contributed by atoms with Gasteiger partial charge in [-0.15, -0.1) is 0 Å². The lowest BCUT2D eigenvalue weighted by molar-refractivity contribution is -0.121. The summed E-state index contributed by atoms with van der Waals surface area (Å²) in [5.74, 6) is -0.373. The number of hydrogen-bond donors (Lipinski definition) is 4. The molecule has 0 radical (unpaired) electrons. The van der Waals surface area contributed by atoms with Crippen LogP contribution in [0.4, 0.5) is 0 Å². The summed E-state index contributed by atoms with van der Waals surface area (Å²) in [4.78, 5) is 11.7. The SMILES string of the molecule is Cc1n[nH]c(C)c1CCC(=O)NN=Cc1ccc(O)cc1O. The van der Waals surface area contributed by atoms with Gasteiger partial charge in [-0.3, -0.25) is 9.89 Å². The number of benzene rings is 1. The Balaban J connectivity index is 1.86. The summed E-state index contributed by atoms with van der Waals surface area (Å²) in [6, 6.07) is 4.12. The molecule has 7 heteroatoms. The van der Waals surface area contributed by atoms with E-state index in [9.17, 15) is 15.0 Å². The Labute approximate surface area is 127 Å². The third-order valence-electron chi connectivity index (χ3n) is 3.29. The van der Waals surface area contributed by atoms with Crippen molar-refractivity contribution in [2.75, 3.05) is 0 Å². The zero-order valence-electron chi connectivity index (χ0n) is 12.4. The van der Waals surface area contributed by atoms with Crippen molar-refractivity contribution in [1.82, 2.24) is 15.6 Å². The molecule has 116 valence electrons. The first kappa shape index (κ1) is 15.6. The number of hydrogen-bond acceptors (Lipinski definition) is 5. The van der Waals surface area contributed by atoms with Crippen molar-refractivity contribution in [2.24, 2.45) is 5.10 Å². The molecule has 1 aromatic carbocycles. The van der Waals surface area contributed by atoms with Crippen LogP contribution >= 0.6 is 0 Å². The number of aromatic hydroxyl groups is 2. The third-order valence-corrected chi connectivity index (χ3v) is 3.29. The molecule has 7 nitrogen and oxygen atoms in total. The average molecular weight is 302 g/mol. The summed E-state index contributed by atoms with van der Waals surface area (Å²) in [7, 11) is 0. The average Bonchev–Trinajstić information content (AvgIpc) is 2.78. The van der Waals surface area contributed by atoms with E-state index in [0.717, 1.165) is 17.0 Å². The number of amides is 1. The first-order chi connectivity index (χ1) is 10.5. The van der Waals surface area contributed by atoms with Crippen LogP contribution in [0.2, 0.25) is 0 Å². The van der Waals surface area contributed by atoms with Crippen LogP contribution in [0.1, 0.15) is 28.9 Å². The second-order valence-corrected chi connectivity index (χ2v) is 4.95. The van der Waals surface area contributed by atoms with Crippen molar-refractivity contribution in [3.8, 4) is 11.5 Å². The first-order valence-corrected chi connectivity index (χ1v) is 6.81. The number of carbonyl (C=O) groups is 1. The van der Waals surface area contributed by atoms with E-state index >= 15 is 0 Å². The molecule has 2 aromatic rings. The van der Waals surface area contributed by atoms with Crippen molar-refractivity contribution >= 4 is 12.1 Å². The van der Waals surface area contributed by atoms with Gasteiger partial charge < -0.3 is 10.2 Å². The molecule has 2 rings (SSSR count). The number of H-pyrrole nitrogens is 1. The van der Waals surface area contributed by atoms with E-state index < -0.39 is 0 Å². The molecule has 0 atom stereocenters. The zero-order valence-corrected chi connectivity index (χ0v) is 12.4. The number of aromatic amines is 1. The summed E-state index contributed by atoms with van der Waals surface area (Å²) in [5, 5.41) is 29.5. The lowest BCUT2D eigenvalue weighted by atomic mass is 10.1. The second-order valence-electron chi connectivity index (χ2n) is 4.95. The summed E-state index contributed by atoms with van der Waals surface area (Å²) in [5.41, 5.74) is 5.69. The number of carbonyl (C=O) groups excluding carboxylic acids is 1. The van der Waals surface area contributed by atoms with Gasteiger partial charge in [-0.2, -0.15) is 10.2 Å². The number of hydrazone groups is 1. The molecule has 22 heavy (non-hydrogen) atoms. The molecule has 1 amide bonds. The predicted molar refractivity (Wildman–Crippen MR) is 81.9 cm³/mol. The lowest BCUT2D eigenvalue weighted by Crippen LogP contribution is -2.18. The Morgan fingerprint density at radius 2 is 2.18 bits per heavy atom. The predicted octanol–water partition coefficient (Wildman–Crippen LogP) is 1.52. The fourth-order valence-electron chi connectivity index (χ4n) is 2.05. The fraction of sp³-hybridized carbons (Fsp3) is 0.267. The van der Waals surface area contributed by atoms with E-state index in [4.69, 9.17) is 0 Å². The Morgan fingerprint density at radius 3 is 2.82 bits per heavy atom. The van der Waals surface area contributed by atoms with E-state index in [0.29, 0.717) is 18.4 Å². The van der Waals surface area contributed by atoms with E-state index in [1.165, 1.54) is 24.4 Å². The molecule has 0 aliphatic heterocycles. The molecule has 1 aromatic heterocycles. The van der Waals surface area contributed by atoms with Crippen molar-refractivity contribution < 1.29 is 15.0 Å². The van der Waals surface area contributed by atoms with Gasteiger partial charge in [0.25, 0.3) is 0 Å². The topological polar surface area (TPSA) is 111 Å². The highest BCUT2D eigenvalue weighted by Gasteiger charge is 2.08. The number of nitrogens with zero attached hydrogens (tertiary/aromatic N) is 2. The summed E-state index contributed by atoms with van der Waals surface area (Å²) >= 11 is 0. The maximum atomic E-state index is 11.7. The van der Waals surface area contributed by atoms with Gasteiger partial charge in [0.2, 0.25) is 5.91 Å². The fourth-order valence-corrected chi connectivity index (χ4v) is 2.05. The quantitative estimate of drug-likeness (QED) is 0.495. The molecular formula is C15H18N4O3. The number of aryl methyl sites for hydroxylation is 2.